The summed E-state index contributed by atoms with van der Waals surface area (Å²) in [5.74, 6) is -0.556. The zero-order valence-corrected chi connectivity index (χ0v) is 30.7. The summed E-state index contributed by atoms with van der Waals surface area (Å²) in [7, 11) is -13.1. The average Bonchev–Trinajstić information content (AvgIpc) is 2.97. The summed E-state index contributed by atoms with van der Waals surface area (Å²) in [6, 6.07) is 17.8. The van der Waals surface area contributed by atoms with Crippen LogP contribution in [0.4, 0.5) is 5.69 Å². The standard InChI is InChI=1S/C31H33NO14S4/c1-41-28-18-25(21-10-13-24(14-11-21)44-48(4,35)36)30(42-2)31(46-50(6,39)40)29(28)22-12-15-26(27(17-22)45-49(5,37)38)43-19-20-8-7-9-23(16-20)32-47(3,33)34/h7-18,32H,19H2,1-6H3. The molecule has 15 nitrogen and oxygen atoms in total. The van der Waals surface area contributed by atoms with Gasteiger partial charge in [-0.15, -0.1) is 0 Å². The van der Waals surface area contributed by atoms with Gasteiger partial charge in [0.2, 0.25) is 10.0 Å². The highest BCUT2D eigenvalue weighted by molar-refractivity contribution is 7.92. The highest BCUT2D eigenvalue weighted by Crippen LogP contribution is 2.52. The maximum Gasteiger partial charge on any atom is 0.306 e. The zero-order valence-electron chi connectivity index (χ0n) is 27.5. The lowest BCUT2D eigenvalue weighted by molar-refractivity contribution is 0.296. The van der Waals surface area contributed by atoms with Crippen molar-refractivity contribution >= 4 is 46.1 Å². The molecular weight excluding hydrogens is 739 g/mol. The molecule has 0 saturated carbocycles. The maximum atomic E-state index is 12.6. The van der Waals surface area contributed by atoms with E-state index in [0.717, 1.165) is 25.0 Å². The van der Waals surface area contributed by atoms with Gasteiger partial charge >= 0.3 is 30.4 Å². The highest BCUT2D eigenvalue weighted by Gasteiger charge is 2.27. The first-order valence-electron chi connectivity index (χ1n) is 14.1. The largest absolute Gasteiger partial charge is 0.496 e. The van der Waals surface area contributed by atoms with Gasteiger partial charge in [-0.05, 0) is 59.2 Å². The molecule has 0 unspecified atom stereocenters. The molecule has 4 aromatic rings. The molecule has 0 aromatic heterocycles. The molecule has 0 fully saturated rings. The number of sulfonamides is 1. The third kappa shape index (κ3) is 10.6. The number of nitrogens with one attached hydrogen (secondary N) is 1. The number of rotatable bonds is 15. The molecule has 0 aliphatic carbocycles. The Kier molecular flexibility index (Phi) is 11.1. The summed E-state index contributed by atoms with van der Waals surface area (Å²) in [6.07, 6.45) is 3.55. The number of hydrogen-bond donors (Lipinski definition) is 1. The molecule has 0 aliphatic rings. The molecule has 0 spiro atoms. The topological polar surface area (TPSA) is 204 Å². The van der Waals surface area contributed by atoms with Crippen LogP contribution in [0.25, 0.3) is 22.3 Å². The summed E-state index contributed by atoms with van der Waals surface area (Å²) < 4.78 is 131. The first-order valence-corrected chi connectivity index (χ1v) is 21.4. The number of anilines is 1. The van der Waals surface area contributed by atoms with Crippen LogP contribution in [0.1, 0.15) is 5.56 Å². The Bertz CT molecular complexity index is 2340. The lowest BCUT2D eigenvalue weighted by atomic mass is 9.96. The van der Waals surface area contributed by atoms with Gasteiger partial charge in [-0.3, -0.25) is 4.72 Å². The Morgan fingerprint density at radius 3 is 1.76 bits per heavy atom. The van der Waals surface area contributed by atoms with E-state index in [4.69, 9.17) is 26.8 Å². The van der Waals surface area contributed by atoms with Crippen LogP contribution in [0.2, 0.25) is 0 Å². The van der Waals surface area contributed by atoms with Crippen LogP contribution in [-0.2, 0) is 47.0 Å². The Hall–Kier alpha value is -4.72. The lowest BCUT2D eigenvalue weighted by Gasteiger charge is -2.21. The van der Waals surface area contributed by atoms with Gasteiger partial charge < -0.3 is 26.8 Å². The normalized spacial score (nSPS) is 12.1. The minimum Gasteiger partial charge on any atom is -0.496 e. The fourth-order valence-electron chi connectivity index (χ4n) is 4.67. The molecule has 0 amide bonds. The first kappa shape index (κ1) is 38.1. The number of methoxy groups -OCH3 is 2. The van der Waals surface area contributed by atoms with E-state index in [1.165, 1.54) is 68.8 Å². The van der Waals surface area contributed by atoms with E-state index in [9.17, 15) is 33.7 Å². The quantitative estimate of drug-likeness (QED) is 0.170. The van der Waals surface area contributed by atoms with Crippen molar-refractivity contribution in [3.8, 4) is 56.8 Å². The molecule has 0 bridgehead atoms. The van der Waals surface area contributed by atoms with E-state index in [2.05, 4.69) is 4.72 Å². The lowest BCUT2D eigenvalue weighted by Crippen LogP contribution is -2.10. The van der Waals surface area contributed by atoms with Crippen molar-refractivity contribution in [2.75, 3.05) is 44.0 Å². The van der Waals surface area contributed by atoms with Gasteiger partial charge in [0.1, 0.15) is 18.1 Å². The third-order valence-corrected chi connectivity index (χ3v) is 8.42. The molecule has 0 atom stereocenters. The molecule has 0 heterocycles. The fourth-order valence-corrected chi connectivity index (χ4v) is 6.61. The van der Waals surface area contributed by atoms with Gasteiger partial charge in [0.15, 0.2) is 23.0 Å². The smallest absolute Gasteiger partial charge is 0.306 e. The van der Waals surface area contributed by atoms with Crippen molar-refractivity contribution in [3.05, 3.63) is 78.4 Å². The molecule has 4 aromatic carbocycles. The Balaban J connectivity index is 1.86. The van der Waals surface area contributed by atoms with Crippen molar-refractivity contribution in [2.45, 2.75) is 6.61 Å². The molecule has 0 saturated heterocycles. The maximum absolute atomic E-state index is 12.6. The second kappa shape index (κ2) is 14.6. The minimum absolute atomic E-state index is 0.0230. The summed E-state index contributed by atoms with van der Waals surface area (Å²) in [5.41, 5.74) is 1.77. The Morgan fingerprint density at radius 2 is 1.20 bits per heavy atom. The SMILES string of the molecule is COc1cc(-c2ccc(OS(C)(=O)=O)cc2)c(OC)c(OS(C)(=O)=O)c1-c1ccc(OCc2cccc(NS(C)(=O)=O)c2)c(OS(C)(=O)=O)c1. The number of hydrogen-bond acceptors (Lipinski definition) is 14. The molecule has 0 radical (unpaired) electrons. The van der Waals surface area contributed by atoms with Crippen LogP contribution in [-0.4, -0.2) is 72.9 Å². The van der Waals surface area contributed by atoms with Crippen molar-refractivity contribution in [2.24, 2.45) is 0 Å². The summed E-state index contributed by atoms with van der Waals surface area (Å²) in [5, 5.41) is 0. The van der Waals surface area contributed by atoms with Gasteiger partial charge in [-0.25, -0.2) is 8.42 Å². The third-order valence-electron chi connectivity index (χ3n) is 6.37. The zero-order chi connectivity index (χ0) is 37.1. The van der Waals surface area contributed by atoms with Gasteiger partial charge in [0, 0.05) is 11.3 Å². The van der Waals surface area contributed by atoms with E-state index < -0.39 is 40.4 Å². The van der Waals surface area contributed by atoms with Crippen LogP contribution in [0.3, 0.4) is 0 Å². The molecule has 270 valence electrons. The van der Waals surface area contributed by atoms with Crippen LogP contribution in [0, 0.1) is 0 Å². The number of benzene rings is 4. The summed E-state index contributed by atoms with van der Waals surface area (Å²) in [6.45, 7) is -0.124. The minimum atomic E-state index is -4.21. The first-order chi connectivity index (χ1) is 23.1. The molecule has 4 rings (SSSR count). The Morgan fingerprint density at radius 1 is 0.580 bits per heavy atom. The molecule has 19 heteroatoms. The van der Waals surface area contributed by atoms with Crippen molar-refractivity contribution in [1.29, 1.82) is 0 Å². The van der Waals surface area contributed by atoms with Crippen LogP contribution < -0.4 is 31.5 Å². The van der Waals surface area contributed by atoms with Crippen LogP contribution >= 0.6 is 0 Å². The average molecular weight is 772 g/mol. The molecular formula is C31H33NO14S4. The Labute approximate surface area is 291 Å². The van der Waals surface area contributed by atoms with E-state index in [1.807, 2.05) is 0 Å². The van der Waals surface area contributed by atoms with E-state index in [-0.39, 0.29) is 63.5 Å². The molecule has 0 aliphatic heterocycles. The predicted molar refractivity (Wildman–Crippen MR) is 186 cm³/mol. The fraction of sp³-hybridized carbons (Fsp3) is 0.226. The molecule has 50 heavy (non-hydrogen) atoms. The van der Waals surface area contributed by atoms with Crippen molar-refractivity contribution < 1.29 is 60.4 Å². The second-order valence-corrected chi connectivity index (χ2v) is 17.2. The number of ether oxygens (including phenoxy) is 3. The highest BCUT2D eigenvalue weighted by atomic mass is 32.2. The van der Waals surface area contributed by atoms with Crippen molar-refractivity contribution in [3.63, 3.8) is 0 Å². The monoisotopic (exact) mass is 771 g/mol. The van der Waals surface area contributed by atoms with E-state index >= 15 is 0 Å². The van der Waals surface area contributed by atoms with Gasteiger partial charge in [0.05, 0.1) is 44.8 Å². The van der Waals surface area contributed by atoms with E-state index in [1.54, 1.807) is 18.2 Å². The summed E-state index contributed by atoms with van der Waals surface area (Å²) in [4.78, 5) is 0. The summed E-state index contributed by atoms with van der Waals surface area (Å²) >= 11 is 0. The van der Waals surface area contributed by atoms with Gasteiger partial charge in [-0.2, -0.15) is 25.3 Å². The van der Waals surface area contributed by atoms with Crippen LogP contribution in [0.5, 0.6) is 34.5 Å². The second-order valence-electron chi connectivity index (χ2n) is 10.8. The van der Waals surface area contributed by atoms with Gasteiger partial charge in [0.25, 0.3) is 0 Å². The predicted octanol–water partition coefficient (Wildman–Crippen LogP) is 4.00. The van der Waals surface area contributed by atoms with E-state index in [0.29, 0.717) is 11.1 Å². The van der Waals surface area contributed by atoms with Crippen molar-refractivity contribution in [1.82, 2.24) is 0 Å². The van der Waals surface area contributed by atoms with Gasteiger partial charge in [-0.1, -0.05) is 30.3 Å². The van der Waals surface area contributed by atoms with Crippen LogP contribution in [0.15, 0.2) is 72.8 Å². The molecule has 1 N–H and O–H groups in total.